The first kappa shape index (κ1) is 25.1. The summed E-state index contributed by atoms with van der Waals surface area (Å²) in [6.45, 7) is -0.505. The van der Waals surface area contributed by atoms with E-state index in [0.29, 0.717) is 5.69 Å². The Morgan fingerprint density at radius 2 is 1.66 bits per heavy atom. The molecule has 0 bridgehead atoms. The molecule has 10 heteroatoms. The van der Waals surface area contributed by atoms with E-state index in [4.69, 9.17) is 21.6 Å². The maximum atomic E-state index is 13.0. The molecule has 3 rings (SSSR count). The van der Waals surface area contributed by atoms with Crippen molar-refractivity contribution in [2.24, 2.45) is 0 Å². The van der Waals surface area contributed by atoms with Crippen molar-refractivity contribution in [3.63, 3.8) is 0 Å². The fraction of sp³-hybridized carbons (Fsp3) is 0.120. The number of esters is 1. The zero-order valence-corrected chi connectivity index (χ0v) is 19.0. The van der Waals surface area contributed by atoms with E-state index in [2.05, 4.69) is 0 Å². The van der Waals surface area contributed by atoms with Crippen LogP contribution in [0.5, 0.6) is 0 Å². The van der Waals surface area contributed by atoms with Crippen molar-refractivity contribution in [3.05, 3.63) is 105 Å². The van der Waals surface area contributed by atoms with Gasteiger partial charge in [-0.1, -0.05) is 48.0 Å². The van der Waals surface area contributed by atoms with Gasteiger partial charge >= 0.3 is 5.97 Å². The second-order valence-corrected chi connectivity index (χ2v) is 7.57. The molecule has 176 valence electrons. The first-order valence-corrected chi connectivity index (χ1v) is 10.7. The van der Waals surface area contributed by atoms with Gasteiger partial charge in [0.2, 0.25) is 0 Å². The van der Waals surface area contributed by atoms with E-state index in [-0.39, 0.29) is 34.7 Å². The number of nitro groups is 1. The van der Waals surface area contributed by atoms with Gasteiger partial charge < -0.3 is 9.64 Å². The molecule has 0 N–H and O–H groups in total. The Bertz CT molecular complexity index is 1320. The Morgan fingerprint density at radius 1 is 1.00 bits per heavy atom. The first-order valence-electron chi connectivity index (χ1n) is 10.3. The molecular weight excluding hydrogens is 474 g/mol. The summed E-state index contributed by atoms with van der Waals surface area (Å²) in [5, 5.41) is 19.9. The molecule has 0 saturated heterocycles. The first-order chi connectivity index (χ1) is 16.8. The second-order valence-electron chi connectivity index (χ2n) is 7.16. The molecule has 35 heavy (non-hydrogen) atoms. The van der Waals surface area contributed by atoms with Gasteiger partial charge in [-0.15, -0.1) is 0 Å². The van der Waals surface area contributed by atoms with E-state index in [1.54, 1.807) is 30.3 Å². The Balaban J connectivity index is 1.79. The highest BCUT2D eigenvalue weighted by Crippen LogP contribution is 2.27. The molecule has 0 spiro atoms. The summed E-state index contributed by atoms with van der Waals surface area (Å²) in [7, 11) is 0. The Morgan fingerprint density at radius 3 is 2.31 bits per heavy atom. The van der Waals surface area contributed by atoms with Crippen molar-refractivity contribution >= 4 is 40.6 Å². The highest BCUT2D eigenvalue weighted by atomic mass is 35.5. The normalized spacial score (nSPS) is 10.2. The van der Waals surface area contributed by atoms with Crippen LogP contribution in [0.25, 0.3) is 0 Å². The zero-order valence-electron chi connectivity index (χ0n) is 18.2. The fourth-order valence-electron chi connectivity index (χ4n) is 3.26. The summed E-state index contributed by atoms with van der Waals surface area (Å²) in [5.41, 5.74) is -0.0911. The number of anilines is 1. The monoisotopic (exact) mass is 491 g/mol. The van der Waals surface area contributed by atoms with Gasteiger partial charge in [0, 0.05) is 29.4 Å². The third-order valence-electron chi connectivity index (χ3n) is 4.94. The molecule has 0 atom stereocenters. The molecule has 0 aliphatic carbocycles. The van der Waals surface area contributed by atoms with Gasteiger partial charge in [0.15, 0.2) is 12.4 Å². The molecular formula is C25H18ClN3O6. The lowest BCUT2D eigenvalue weighted by Crippen LogP contribution is -2.35. The quantitative estimate of drug-likeness (QED) is 0.185. The van der Waals surface area contributed by atoms with Crippen LogP contribution in [0.1, 0.15) is 32.7 Å². The van der Waals surface area contributed by atoms with Gasteiger partial charge in [0.05, 0.1) is 23.0 Å². The average molecular weight is 492 g/mol. The number of ketones is 1. The summed E-state index contributed by atoms with van der Waals surface area (Å²) in [4.78, 5) is 50.3. The number of rotatable bonds is 9. The molecule has 9 nitrogen and oxygen atoms in total. The molecule has 0 saturated carbocycles. The minimum atomic E-state index is -0.918. The van der Waals surface area contributed by atoms with Crippen LogP contribution in [0.2, 0.25) is 5.02 Å². The molecule has 3 aromatic rings. The number of nitrogens with zero attached hydrogens (tertiary/aromatic N) is 3. The van der Waals surface area contributed by atoms with Crippen molar-refractivity contribution in [1.82, 2.24) is 0 Å². The van der Waals surface area contributed by atoms with Crippen molar-refractivity contribution in [2.45, 2.75) is 6.42 Å². The Hall–Kier alpha value is -4.55. The van der Waals surface area contributed by atoms with E-state index in [1.165, 1.54) is 41.3 Å². The summed E-state index contributed by atoms with van der Waals surface area (Å²) < 4.78 is 5.19. The van der Waals surface area contributed by atoms with Crippen LogP contribution >= 0.6 is 11.6 Å². The average Bonchev–Trinajstić information content (AvgIpc) is 2.87. The fourth-order valence-corrected chi connectivity index (χ4v) is 3.45. The van der Waals surface area contributed by atoms with Gasteiger partial charge in [0.1, 0.15) is 5.02 Å². The number of amides is 1. The lowest BCUT2D eigenvalue weighted by molar-refractivity contribution is -0.384. The van der Waals surface area contributed by atoms with Crippen LogP contribution in [-0.4, -0.2) is 35.7 Å². The van der Waals surface area contributed by atoms with E-state index in [0.717, 1.165) is 6.07 Å². The predicted molar refractivity (Wildman–Crippen MR) is 127 cm³/mol. The van der Waals surface area contributed by atoms with Crippen LogP contribution in [-0.2, 0) is 9.53 Å². The molecule has 0 fully saturated rings. The van der Waals surface area contributed by atoms with Gasteiger partial charge in [0.25, 0.3) is 11.6 Å². The zero-order chi connectivity index (χ0) is 25.4. The molecule has 0 unspecified atom stereocenters. The SMILES string of the molecule is N#CCCN(C(=O)COC(=O)c1ccccc1C(=O)c1ccc(Cl)c([N+](=O)[O-])c1)c1ccccc1. The molecule has 1 amide bonds. The van der Waals surface area contributed by atoms with E-state index in [9.17, 15) is 24.5 Å². The third-order valence-corrected chi connectivity index (χ3v) is 5.26. The molecule has 0 aliphatic rings. The Labute approximate surface area is 205 Å². The van der Waals surface area contributed by atoms with Crippen LogP contribution in [0.15, 0.2) is 72.8 Å². The molecule has 0 aliphatic heterocycles. The topological polar surface area (TPSA) is 131 Å². The van der Waals surface area contributed by atoms with Crippen molar-refractivity contribution < 1.29 is 24.0 Å². The maximum Gasteiger partial charge on any atom is 0.339 e. The molecule has 0 heterocycles. The van der Waals surface area contributed by atoms with Crippen molar-refractivity contribution in [2.75, 3.05) is 18.1 Å². The minimum Gasteiger partial charge on any atom is -0.452 e. The van der Waals surface area contributed by atoms with Crippen molar-refractivity contribution in [3.8, 4) is 6.07 Å². The number of hydrogen-bond acceptors (Lipinski definition) is 7. The maximum absolute atomic E-state index is 13.0. The van der Waals surface area contributed by atoms with Crippen LogP contribution in [0, 0.1) is 21.4 Å². The summed E-state index contributed by atoms with van der Waals surface area (Å²) >= 11 is 5.82. The van der Waals surface area contributed by atoms with E-state index < -0.39 is 34.9 Å². The predicted octanol–water partition coefficient (Wildman–Crippen LogP) is 4.58. The van der Waals surface area contributed by atoms with Gasteiger partial charge in [-0.05, 0) is 30.3 Å². The summed E-state index contributed by atoms with van der Waals surface area (Å²) in [5.74, 6) is -2.11. The third kappa shape index (κ3) is 6.07. The molecule has 0 radical (unpaired) electrons. The number of halogens is 1. The summed E-state index contributed by atoms with van der Waals surface area (Å²) in [6.07, 6.45) is 0.0825. The highest BCUT2D eigenvalue weighted by molar-refractivity contribution is 6.33. The summed E-state index contributed by atoms with van der Waals surface area (Å²) in [6, 6.07) is 20.0. The van der Waals surface area contributed by atoms with Crippen molar-refractivity contribution in [1.29, 1.82) is 5.26 Å². The minimum absolute atomic E-state index is 0.0378. The molecule has 3 aromatic carbocycles. The van der Waals surface area contributed by atoms with Crippen LogP contribution in [0.3, 0.4) is 0 Å². The number of hydrogen-bond donors (Lipinski definition) is 0. The highest BCUT2D eigenvalue weighted by Gasteiger charge is 2.24. The second kappa shape index (κ2) is 11.5. The number of nitriles is 1. The van der Waals surface area contributed by atoms with Gasteiger partial charge in [-0.3, -0.25) is 19.7 Å². The van der Waals surface area contributed by atoms with Gasteiger partial charge in [-0.25, -0.2) is 4.79 Å². The Kier molecular flexibility index (Phi) is 8.27. The van der Waals surface area contributed by atoms with Gasteiger partial charge in [-0.2, -0.15) is 5.26 Å². The lowest BCUT2D eigenvalue weighted by atomic mass is 9.98. The number of carbonyl (C=O) groups excluding carboxylic acids is 3. The number of benzene rings is 3. The largest absolute Gasteiger partial charge is 0.452 e. The standard InChI is InChI=1S/C25H18ClN3O6/c26-21-12-11-17(15-22(21)29(33)34)24(31)19-9-4-5-10-20(19)25(32)35-16-23(30)28(14-6-13-27)18-7-2-1-3-8-18/h1-5,7-12,15H,6,14,16H2. The smallest absolute Gasteiger partial charge is 0.339 e. The lowest BCUT2D eigenvalue weighted by Gasteiger charge is -2.21. The number of para-hydroxylation sites is 1. The number of carbonyl (C=O) groups is 3. The number of nitro benzene ring substituents is 1. The molecule has 0 aromatic heterocycles. The van der Waals surface area contributed by atoms with E-state index >= 15 is 0 Å². The van der Waals surface area contributed by atoms with Crippen LogP contribution in [0.4, 0.5) is 11.4 Å². The van der Waals surface area contributed by atoms with Crippen LogP contribution < -0.4 is 4.90 Å². The van der Waals surface area contributed by atoms with E-state index in [1.807, 2.05) is 6.07 Å². The number of ether oxygens (including phenoxy) is 1.